The Morgan fingerprint density at radius 2 is 1.78 bits per heavy atom. The van der Waals surface area contributed by atoms with Crippen molar-refractivity contribution in [2.24, 2.45) is 0 Å². The SMILES string of the molecule is C=CCCCCCCOCc1ccc(OC)cc1. The summed E-state index contributed by atoms with van der Waals surface area (Å²) in [6.45, 7) is 5.26. The fourth-order valence-corrected chi connectivity index (χ4v) is 1.76. The van der Waals surface area contributed by atoms with Gasteiger partial charge in [0.05, 0.1) is 13.7 Å². The Morgan fingerprint density at radius 3 is 2.44 bits per heavy atom. The molecule has 0 amide bonds. The van der Waals surface area contributed by atoms with Crippen LogP contribution in [-0.2, 0) is 11.3 Å². The lowest BCUT2D eigenvalue weighted by molar-refractivity contribution is 0.116. The maximum absolute atomic E-state index is 5.64. The predicted octanol–water partition coefficient (Wildman–Crippen LogP) is 4.35. The molecule has 0 N–H and O–H groups in total. The Balaban J connectivity index is 2.01. The smallest absolute Gasteiger partial charge is 0.118 e. The van der Waals surface area contributed by atoms with Gasteiger partial charge in [-0.3, -0.25) is 0 Å². The van der Waals surface area contributed by atoms with Gasteiger partial charge in [-0.25, -0.2) is 0 Å². The normalized spacial score (nSPS) is 10.3. The van der Waals surface area contributed by atoms with E-state index in [1.165, 1.54) is 24.8 Å². The molecule has 1 aromatic carbocycles. The molecular weight excluding hydrogens is 224 g/mol. The molecule has 1 rings (SSSR count). The number of benzene rings is 1. The lowest BCUT2D eigenvalue weighted by Gasteiger charge is -2.05. The molecule has 0 aliphatic carbocycles. The number of ether oxygens (including phenoxy) is 2. The summed E-state index contributed by atoms with van der Waals surface area (Å²) in [5.41, 5.74) is 1.20. The maximum atomic E-state index is 5.64. The van der Waals surface area contributed by atoms with Crippen LogP contribution in [0.25, 0.3) is 0 Å². The zero-order valence-corrected chi connectivity index (χ0v) is 11.4. The van der Waals surface area contributed by atoms with Crippen molar-refractivity contribution in [3.63, 3.8) is 0 Å². The first-order chi connectivity index (χ1) is 8.86. The molecule has 0 bridgehead atoms. The maximum Gasteiger partial charge on any atom is 0.118 e. The van der Waals surface area contributed by atoms with E-state index in [0.717, 1.165) is 25.2 Å². The van der Waals surface area contributed by atoms with Crippen LogP contribution in [0, 0.1) is 0 Å². The third-order valence-electron chi connectivity index (χ3n) is 2.87. The van der Waals surface area contributed by atoms with Crippen LogP contribution in [0.5, 0.6) is 5.75 Å². The number of allylic oxidation sites excluding steroid dienone is 1. The van der Waals surface area contributed by atoms with Gasteiger partial charge in [0, 0.05) is 6.61 Å². The zero-order valence-electron chi connectivity index (χ0n) is 11.4. The first kappa shape index (κ1) is 14.8. The number of methoxy groups -OCH3 is 1. The van der Waals surface area contributed by atoms with Gasteiger partial charge in [0.2, 0.25) is 0 Å². The van der Waals surface area contributed by atoms with Crippen molar-refractivity contribution in [2.45, 2.75) is 38.7 Å². The average Bonchev–Trinajstić information content (AvgIpc) is 2.42. The van der Waals surface area contributed by atoms with Gasteiger partial charge in [-0.15, -0.1) is 6.58 Å². The second-order valence-electron chi connectivity index (χ2n) is 4.39. The molecule has 2 nitrogen and oxygen atoms in total. The number of rotatable bonds is 10. The van der Waals surface area contributed by atoms with Gasteiger partial charge in [-0.05, 0) is 37.0 Å². The summed E-state index contributed by atoms with van der Waals surface area (Å²) in [4.78, 5) is 0. The minimum atomic E-state index is 0.691. The van der Waals surface area contributed by atoms with E-state index in [2.05, 4.69) is 6.58 Å². The van der Waals surface area contributed by atoms with Crippen LogP contribution in [0.3, 0.4) is 0 Å². The second-order valence-corrected chi connectivity index (χ2v) is 4.39. The summed E-state index contributed by atoms with van der Waals surface area (Å²) in [5.74, 6) is 0.890. The van der Waals surface area contributed by atoms with Crippen LogP contribution in [0.15, 0.2) is 36.9 Å². The van der Waals surface area contributed by atoms with Crippen LogP contribution in [0.2, 0.25) is 0 Å². The summed E-state index contributed by atoms with van der Waals surface area (Å²) in [6.07, 6.45) is 8.04. The topological polar surface area (TPSA) is 18.5 Å². The molecule has 0 saturated heterocycles. The predicted molar refractivity (Wildman–Crippen MR) is 75.9 cm³/mol. The first-order valence-electron chi connectivity index (χ1n) is 6.68. The molecule has 100 valence electrons. The largest absolute Gasteiger partial charge is 0.497 e. The Morgan fingerprint density at radius 1 is 1.06 bits per heavy atom. The zero-order chi connectivity index (χ0) is 13.1. The molecule has 0 aliphatic rings. The summed E-state index contributed by atoms with van der Waals surface area (Å²) in [6, 6.07) is 8.02. The van der Waals surface area contributed by atoms with Gasteiger partial charge in [0.25, 0.3) is 0 Å². The van der Waals surface area contributed by atoms with Crippen molar-refractivity contribution in [1.29, 1.82) is 0 Å². The van der Waals surface area contributed by atoms with E-state index in [4.69, 9.17) is 9.47 Å². The Labute approximate surface area is 111 Å². The minimum absolute atomic E-state index is 0.691. The molecule has 0 aliphatic heterocycles. The van der Waals surface area contributed by atoms with E-state index in [1.54, 1.807) is 7.11 Å². The summed E-state index contributed by atoms with van der Waals surface area (Å²) < 4.78 is 10.7. The van der Waals surface area contributed by atoms with Crippen LogP contribution in [0.4, 0.5) is 0 Å². The fraction of sp³-hybridized carbons (Fsp3) is 0.500. The number of hydrogen-bond acceptors (Lipinski definition) is 2. The van der Waals surface area contributed by atoms with Gasteiger partial charge in [0.15, 0.2) is 0 Å². The summed E-state index contributed by atoms with van der Waals surface area (Å²) in [5, 5.41) is 0. The van der Waals surface area contributed by atoms with Gasteiger partial charge in [-0.2, -0.15) is 0 Å². The number of hydrogen-bond donors (Lipinski definition) is 0. The monoisotopic (exact) mass is 248 g/mol. The molecule has 0 atom stereocenters. The van der Waals surface area contributed by atoms with Crippen LogP contribution >= 0.6 is 0 Å². The molecule has 18 heavy (non-hydrogen) atoms. The molecule has 0 spiro atoms. The molecule has 0 fully saturated rings. The highest BCUT2D eigenvalue weighted by molar-refractivity contribution is 5.26. The first-order valence-corrected chi connectivity index (χ1v) is 6.68. The van der Waals surface area contributed by atoms with Crippen LogP contribution < -0.4 is 4.74 Å². The third-order valence-corrected chi connectivity index (χ3v) is 2.87. The van der Waals surface area contributed by atoms with Gasteiger partial charge in [0.1, 0.15) is 5.75 Å². The van der Waals surface area contributed by atoms with E-state index < -0.39 is 0 Å². The van der Waals surface area contributed by atoms with E-state index in [-0.39, 0.29) is 0 Å². The van der Waals surface area contributed by atoms with E-state index in [0.29, 0.717) is 6.61 Å². The lowest BCUT2D eigenvalue weighted by Crippen LogP contribution is -1.95. The van der Waals surface area contributed by atoms with Crippen molar-refractivity contribution in [1.82, 2.24) is 0 Å². The number of unbranched alkanes of at least 4 members (excludes halogenated alkanes) is 4. The Kier molecular flexibility index (Phi) is 7.98. The minimum Gasteiger partial charge on any atom is -0.497 e. The highest BCUT2D eigenvalue weighted by Crippen LogP contribution is 2.12. The standard InChI is InChI=1S/C16H24O2/c1-3-4-5-6-7-8-13-18-14-15-9-11-16(17-2)12-10-15/h3,9-12H,1,4-8,13-14H2,2H3. The van der Waals surface area contributed by atoms with Crippen molar-refractivity contribution in [3.8, 4) is 5.75 Å². The quantitative estimate of drug-likeness (QED) is 0.453. The van der Waals surface area contributed by atoms with Crippen molar-refractivity contribution >= 4 is 0 Å². The molecule has 0 unspecified atom stereocenters. The molecule has 1 aromatic rings. The highest BCUT2D eigenvalue weighted by atomic mass is 16.5. The van der Waals surface area contributed by atoms with Crippen LogP contribution in [0.1, 0.15) is 37.7 Å². The van der Waals surface area contributed by atoms with Crippen molar-refractivity contribution < 1.29 is 9.47 Å². The molecular formula is C16H24O2. The van der Waals surface area contributed by atoms with Crippen molar-refractivity contribution in [2.75, 3.05) is 13.7 Å². The van der Waals surface area contributed by atoms with Gasteiger partial charge >= 0.3 is 0 Å². The molecule has 2 heteroatoms. The van der Waals surface area contributed by atoms with Gasteiger partial charge in [-0.1, -0.05) is 31.1 Å². The fourth-order valence-electron chi connectivity index (χ4n) is 1.76. The Hall–Kier alpha value is -1.28. The van der Waals surface area contributed by atoms with E-state index in [1.807, 2.05) is 30.3 Å². The molecule has 0 radical (unpaired) electrons. The lowest BCUT2D eigenvalue weighted by atomic mass is 10.1. The van der Waals surface area contributed by atoms with Crippen molar-refractivity contribution in [3.05, 3.63) is 42.5 Å². The van der Waals surface area contributed by atoms with E-state index in [9.17, 15) is 0 Å². The summed E-state index contributed by atoms with van der Waals surface area (Å²) in [7, 11) is 1.68. The average molecular weight is 248 g/mol. The van der Waals surface area contributed by atoms with Gasteiger partial charge < -0.3 is 9.47 Å². The molecule has 0 aromatic heterocycles. The Bertz CT molecular complexity index is 316. The summed E-state index contributed by atoms with van der Waals surface area (Å²) >= 11 is 0. The highest BCUT2D eigenvalue weighted by Gasteiger charge is 1.95. The van der Waals surface area contributed by atoms with Crippen LogP contribution in [-0.4, -0.2) is 13.7 Å². The van der Waals surface area contributed by atoms with E-state index >= 15 is 0 Å². The molecule has 0 heterocycles. The second kappa shape index (κ2) is 9.72. The molecule has 0 saturated carbocycles. The third kappa shape index (κ3) is 6.45.